The van der Waals surface area contributed by atoms with Crippen molar-refractivity contribution >= 4 is 5.96 Å². The van der Waals surface area contributed by atoms with E-state index in [2.05, 4.69) is 36.0 Å². The molecule has 0 aromatic rings. The average Bonchev–Trinajstić information content (AvgIpc) is 2.98. The van der Waals surface area contributed by atoms with E-state index in [4.69, 9.17) is 9.73 Å². The number of likely N-dealkylation sites (tertiary alicyclic amines) is 1. The van der Waals surface area contributed by atoms with Crippen LogP contribution in [0.15, 0.2) is 17.1 Å². The molecule has 4 fully saturated rings. The van der Waals surface area contributed by atoms with Crippen LogP contribution in [0.25, 0.3) is 0 Å². The van der Waals surface area contributed by atoms with Crippen molar-refractivity contribution in [2.75, 3.05) is 32.8 Å². The highest BCUT2D eigenvalue weighted by atomic mass is 16.5. The summed E-state index contributed by atoms with van der Waals surface area (Å²) < 4.78 is 6.06. The van der Waals surface area contributed by atoms with Crippen molar-refractivity contribution in [2.45, 2.75) is 70.6 Å². The van der Waals surface area contributed by atoms with Gasteiger partial charge in [-0.2, -0.15) is 0 Å². The van der Waals surface area contributed by atoms with E-state index in [9.17, 15) is 0 Å². The first-order valence-corrected chi connectivity index (χ1v) is 10.7. The van der Waals surface area contributed by atoms with Gasteiger partial charge < -0.3 is 15.4 Å². The molecule has 5 nitrogen and oxygen atoms in total. The zero-order chi connectivity index (χ0) is 18.1. The first-order valence-electron chi connectivity index (χ1n) is 10.7. The van der Waals surface area contributed by atoms with Crippen LogP contribution in [-0.2, 0) is 4.74 Å². The second kappa shape index (κ2) is 7.51. The number of fused-ring (bicyclic) bond motifs is 2. The molecule has 4 rings (SSSR count). The molecule has 0 radical (unpaired) electrons. The Kier molecular flexibility index (Phi) is 5.29. The monoisotopic (exact) mass is 360 g/mol. The van der Waals surface area contributed by atoms with Crippen LogP contribution < -0.4 is 10.6 Å². The Labute approximate surface area is 158 Å². The molecule has 0 amide bonds. The van der Waals surface area contributed by atoms with Crippen molar-refractivity contribution in [1.29, 1.82) is 0 Å². The molecule has 3 unspecified atom stereocenters. The Morgan fingerprint density at radius 1 is 1.23 bits per heavy atom. The van der Waals surface area contributed by atoms with E-state index in [1.807, 2.05) is 0 Å². The Morgan fingerprint density at radius 2 is 2.00 bits per heavy atom. The highest BCUT2D eigenvalue weighted by Gasteiger charge is 2.66. The number of rotatable bonds is 5. The van der Waals surface area contributed by atoms with Crippen molar-refractivity contribution in [3.63, 3.8) is 0 Å². The van der Waals surface area contributed by atoms with Gasteiger partial charge in [0.15, 0.2) is 5.96 Å². The predicted molar refractivity (Wildman–Crippen MR) is 106 cm³/mol. The van der Waals surface area contributed by atoms with E-state index in [-0.39, 0.29) is 0 Å². The Hall–Kier alpha value is -1.07. The van der Waals surface area contributed by atoms with Crippen LogP contribution >= 0.6 is 0 Å². The first kappa shape index (κ1) is 18.3. The lowest BCUT2D eigenvalue weighted by molar-refractivity contribution is -0.171. The number of guanidine groups is 1. The largest absolute Gasteiger partial charge is 0.377 e. The smallest absolute Gasteiger partial charge is 0.191 e. The van der Waals surface area contributed by atoms with E-state index in [0.29, 0.717) is 29.5 Å². The van der Waals surface area contributed by atoms with Gasteiger partial charge in [0, 0.05) is 56.2 Å². The van der Waals surface area contributed by atoms with Gasteiger partial charge in [0.1, 0.15) is 0 Å². The summed E-state index contributed by atoms with van der Waals surface area (Å²) in [5.74, 6) is 1.73. The summed E-state index contributed by atoms with van der Waals surface area (Å²) in [6.45, 7) is 13.4. The SMILES string of the molecule is C=C(C)CN1CCC(NC(=NCC)NC2C3CCOC3C23CCC3)CC1. The molecular weight excluding hydrogens is 324 g/mol. The van der Waals surface area contributed by atoms with Gasteiger partial charge in [-0.3, -0.25) is 9.89 Å². The second-order valence-electron chi connectivity index (χ2n) is 8.93. The molecule has 2 saturated heterocycles. The zero-order valence-electron chi connectivity index (χ0n) is 16.6. The number of nitrogens with zero attached hydrogens (tertiary/aromatic N) is 2. The number of piperidine rings is 1. The average molecular weight is 361 g/mol. The summed E-state index contributed by atoms with van der Waals surface area (Å²) in [6, 6.07) is 1.09. The lowest BCUT2D eigenvalue weighted by atomic mass is 9.46. The van der Waals surface area contributed by atoms with Crippen molar-refractivity contribution in [2.24, 2.45) is 16.3 Å². The quantitative estimate of drug-likeness (QED) is 0.449. The van der Waals surface area contributed by atoms with Gasteiger partial charge in [-0.1, -0.05) is 18.6 Å². The molecule has 1 spiro atoms. The normalized spacial score (nSPS) is 34.1. The molecule has 2 aliphatic heterocycles. The van der Waals surface area contributed by atoms with E-state index in [0.717, 1.165) is 38.7 Å². The van der Waals surface area contributed by atoms with E-state index >= 15 is 0 Å². The summed E-state index contributed by atoms with van der Waals surface area (Å²) in [7, 11) is 0. The summed E-state index contributed by atoms with van der Waals surface area (Å²) in [6.07, 6.45) is 8.10. The third kappa shape index (κ3) is 3.29. The van der Waals surface area contributed by atoms with Gasteiger partial charge in [0.25, 0.3) is 0 Å². The molecule has 2 aliphatic carbocycles. The third-order valence-corrected chi connectivity index (χ3v) is 7.07. The molecule has 2 heterocycles. The van der Waals surface area contributed by atoms with Crippen molar-refractivity contribution in [1.82, 2.24) is 15.5 Å². The minimum atomic E-state index is 0.405. The number of ether oxygens (including phenoxy) is 1. The number of hydrogen-bond donors (Lipinski definition) is 2. The number of nitrogens with one attached hydrogen (secondary N) is 2. The van der Waals surface area contributed by atoms with Crippen LogP contribution in [0.5, 0.6) is 0 Å². The van der Waals surface area contributed by atoms with E-state index < -0.39 is 0 Å². The van der Waals surface area contributed by atoms with Gasteiger partial charge in [0.05, 0.1) is 6.10 Å². The molecule has 2 N–H and O–H groups in total. The molecule has 4 aliphatic rings. The van der Waals surface area contributed by atoms with Crippen LogP contribution in [0.1, 0.15) is 52.4 Å². The fourth-order valence-electron chi connectivity index (χ4n) is 5.70. The minimum absolute atomic E-state index is 0.405. The lowest BCUT2D eigenvalue weighted by Gasteiger charge is -2.63. The van der Waals surface area contributed by atoms with Gasteiger partial charge in [-0.25, -0.2) is 0 Å². The summed E-state index contributed by atoms with van der Waals surface area (Å²) in [5.41, 5.74) is 1.66. The molecule has 146 valence electrons. The molecular formula is C21H36N4O. The molecule has 26 heavy (non-hydrogen) atoms. The molecule has 0 bridgehead atoms. The number of hydrogen-bond acceptors (Lipinski definition) is 3. The van der Waals surface area contributed by atoms with Crippen LogP contribution in [0.4, 0.5) is 0 Å². The van der Waals surface area contributed by atoms with Crippen LogP contribution in [0.3, 0.4) is 0 Å². The fourth-order valence-corrected chi connectivity index (χ4v) is 5.70. The maximum absolute atomic E-state index is 6.06. The Morgan fingerprint density at radius 3 is 2.62 bits per heavy atom. The van der Waals surface area contributed by atoms with Gasteiger partial charge in [-0.05, 0) is 46.0 Å². The standard InChI is InChI=1S/C21H36N4O/c1-4-22-20(23-16-6-11-25(12-7-16)14-15(2)3)24-18-17-8-13-26-19(17)21(18)9-5-10-21/h16-19H,2,4-14H2,1,3H3,(H2,22,23,24). The summed E-state index contributed by atoms with van der Waals surface area (Å²) in [5, 5.41) is 7.59. The molecule has 2 saturated carbocycles. The highest BCUT2D eigenvalue weighted by Crippen LogP contribution is 2.62. The van der Waals surface area contributed by atoms with Crippen molar-refractivity contribution in [3.8, 4) is 0 Å². The van der Waals surface area contributed by atoms with E-state index in [1.54, 1.807) is 0 Å². The van der Waals surface area contributed by atoms with Gasteiger partial charge in [0.2, 0.25) is 0 Å². The van der Waals surface area contributed by atoms with Crippen LogP contribution in [0.2, 0.25) is 0 Å². The van der Waals surface area contributed by atoms with Crippen LogP contribution in [0, 0.1) is 11.3 Å². The third-order valence-electron chi connectivity index (χ3n) is 7.07. The summed E-state index contributed by atoms with van der Waals surface area (Å²) >= 11 is 0. The Balaban J connectivity index is 1.33. The maximum atomic E-state index is 6.06. The topological polar surface area (TPSA) is 48.9 Å². The zero-order valence-corrected chi connectivity index (χ0v) is 16.6. The second-order valence-corrected chi connectivity index (χ2v) is 8.93. The van der Waals surface area contributed by atoms with Gasteiger partial charge in [-0.15, -0.1) is 0 Å². The highest BCUT2D eigenvalue weighted by molar-refractivity contribution is 5.80. The fraction of sp³-hybridized carbons (Fsp3) is 0.857. The first-order chi connectivity index (χ1) is 12.6. The number of aliphatic imine (C=N–C) groups is 1. The molecule has 0 aromatic carbocycles. The van der Waals surface area contributed by atoms with Crippen molar-refractivity contribution in [3.05, 3.63) is 12.2 Å². The van der Waals surface area contributed by atoms with Gasteiger partial charge >= 0.3 is 0 Å². The maximum Gasteiger partial charge on any atom is 0.191 e. The molecule has 5 heteroatoms. The lowest BCUT2D eigenvalue weighted by Crippen LogP contribution is -2.72. The Bertz CT molecular complexity index is 548. The summed E-state index contributed by atoms with van der Waals surface area (Å²) in [4.78, 5) is 7.29. The predicted octanol–water partition coefficient (Wildman–Crippen LogP) is 2.54. The van der Waals surface area contributed by atoms with Crippen molar-refractivity contribution < 1.29 is 4.74 Å². The molecule has 0 aromatic heterocycles. The minimum Gasteiger partial charge on any atom is -0.377 e. The van der Waals surface area contributed by atoms with E-state index in [1.165, 1.54) is 44.1 Å². The van der Waals surface area contributed by atoms with Crippen LogP contribution in [-0.4, -0.2) is 61.8 Å². The molecule has 3 atom stereocenters.